The van der Waals surface area contributed by atoms with Crippen molar-refractivity contribution in [2.45, 2.75) is 13.8 Å². The van der Waals surface area contributed by atoms with E-state index in [1.807, 2.05) is 0 Å². The number of aryl methyl sites for hydroxylation is 2. The summed E-state index contributed by atoms with van der Waals surface area (Å²) in [4.78, 5) is 0. The predicted octanol–water partition coefficient (Wildman–Crippen LogP) is 9.82. The molecule has 0 amide bonds. The van der Waals surface area contributed by atoms with Gasteiger partial charge in [0.2, 0.25) is 0 Å². The zero-order valence-electron chi connectivity index (χ0n) is 36.8. The van der Waals surface area contributed by atoms with E-state index in [0.29, 0.717) is 0 Å². The molecule has 310 valence electrons. The highest BCUT2D eigenvalue weighted by molar-refractivity contribution is 7.20. The van der Waals surface area contributed by atoms with E-state index in [9.17, 15) is 0 Å². The van der Waals surface area contributed by atoms with Gasteiger partial charge in [0.1, 0.15) is 0 Å². The average Bonchev–Trinajstić information content (AvgIpc) is 3.71. The molecule has 1 aromatic heterocycles. The van der Waals surface area contributed by atoms with E-state index in [1.165, 1.54) is 91.2 Å². The lowest BCUT2D eigenvalue weighted by atomic mass is 10.0. The summed E-state index contributed by atoms with van der Waals surface area (Å²) in [5.41, 5.74) is 8.63. The van der Waals surface area contributed by atoms with Crippen molar-refractivity contribution >= 4 is 79.4 Å². The van der Waals surface area contributed by atoms with Gasteiger partial charge in [0, 0.05) is 16.5 Å². The quantitative estimate of drug-likeness (QED) is 0.0954. The van der Waals surface area contributed by atoms with Gasteiger partial charge in [0.15, 0.2) is 16.1 Å². The Morgan fingerprint density at radius 3 is 1.20 bits per heavy atom. The van der Waals surface area contributed by atoms with E-state index in [2.05, 4.69) is 279 Å². The van der Waals surface area contributed by atoms with Crippen molar-refractivity contribution in [2.75, 3.05) is 0 Å². The van der Waals surface area contributed by atoms with Gasteiger partial charge in [0.05, 0.1) is 11.0 Å². The monoisotopic (exact) mass is 863 g/mol. The topological polar surface area (TPSA) is 4.93 Å². The first-order valence-electron chi connectivity index (χ1n) is 22.7. The Kier molecular flexibility index (Phi) is 10.4. The molecule has 0 fully saturated rings. The van der Waals surface area contributed by atoms with Crippen LogP contribution in [0.4, 0.5) is 0 Å². The molecule has 0 saturated carbocycles. The number of aromatic nitrogens is 1. The van der Waals surface area contributed by atoms with Crippen LogP contribution in [0.5, 0.6) is 0 Å². The van der Waals surface area contributed by atoms with E-state index in [0.717, 1.165) is 0 Å². The highest BCUT2D eigenvalue weighted by atomic mass is 28.3. The number of fused-ring (bicyclic) bond motifs is 3. The first-order valence-corrected chi connectivity index (χ1v) is 26.7. The Morgan fingerprint density at radius 2 is 0.692 bits per heavy atom. The summed E-state index contributed by atoms with van der Waals surface area (Å²) in [6.45, 7) is 4.54. The van der Waals surface area contributed by atoms with Crippen molar-refractivity contribution in [3.63, 3.8) is 0 Å². The zero-order valence-corrected chi connectivity index (χ0v) is 38.8. The molecule has 1 heterocycles. The highest BCUT2D eigenvalue weighted by Gasteiger charge is 2.43. The molecule has 0 N–H and O–H groups in total. The fourth-order valence-electron chi connectivity index (χ4n) is 10.9. The third-order valence-corrected chi connectivity index (χ3v) is 23.2. The van der Waals surface area contributed by atoms with Crippen LogP contribution in [0, 0.1) is 13.8 Å². The van der Waals surface area contributed by atoms with E-state index >= 15 is 0 Å². The van der Waals surface area contributed by atoms with Crippen molar-refractivity contribution in [1.29, 1.82) is 0 Å². The zero-order chi connectivity index (χ0) is 43.8. The fraction of sp³-hybridized carbons (Fsp3) is 0.0323. The molecule has 0 bridgehead atoms. The summed E-state index contributed by atoms with van der Waals surface area (Å²) in [6, 6.07) is 98.3. The van der Waals surface area contributed by atoms with Crippen LogP contribution in [0.1, 0.15) is 11.1 Å². The van der Waals surface area contributed by atoms with Crippen molar-refractivity contribution in [2.24, 2.45) is 0 Å². The summed E-state index contributed by atoms with van der Waals surface area (Å²) >= 11 is 0. The van der Waals surface area contributed by atoms with E-state index < -0.39 is 16.1 Å². The molecular weight excluding hydrogens is 815 g/mol. The van der Waals surface area contributed by atoms with Gasteiger partial charge >= 0.3 is 0 Å². The maximum absolute atomic E-state index is 2.97. The van der Waals surface area contributed by atoms with Crippen molar-refractivity contribution in [1.82, 2.24) is 4.57 Å². The molecule has 0 aliphatic carbocycles. The van der Waals surface area contributed by atoms with Gasteiger partial charge in [-0.2, -0.15) is 0 Å². The molecule has 0 aliphatic rings. The van der Waals surface area contributed by atoms with Gasteiger partial charge in [0.25, 0.3) is 0 Å². The van der Waals surface area contributed by atoms with Crippen LogP contribution in [0.25, 0.3) is 38.6 Å². The Hall–Kier alpha value is -7.57. The maximum Gasteiger partial charge on any atom is 0.179 e. The minimum atomic E-state index is -2.97. The molecule has 3 heteroatoms. The van der Waals surface area contributed by atoms with Crippen molar-refractivity contribution in [3.8, 4) is 16.8 Å². The molecule has 1 atom stereocenters. The molecule has 11 rings (SSSR count). The number of benzene rings is 10. The van der Waals surface area contributed by atoms with Gasteiger partial charge in [-0.15, -0.1) is 0 Å². The summed E-state index contributed by atoms with van der Waals surface area (Å²) < 4.78 is 2.46. The first kappa shape index (κ1) is 40.2. The minimum Gasteiger partial charge on any atom is -0.309 e. The van der Waals surface area contributed by atoms with Crippen molar-refractivity contribution in [3.05, 3.63) is 272 Å². The molecule has 11 aromatic rings. The van der Waals surface area contributed by atoms with Crippen LogP contribution < -0.4 is 41.5 Å². The summed E-state index contributed by atoms with van der Waals surface area (Å²) in [5.74, 6) is 0. The van der Waals surface area contributed by atoms with Gasteiger partial charge in [-0.3, -0.25) is 0 Å². The van der Waals surface area contributed by atoms with E-state index in [-0.39, 0.29) is 0 Å². The van der Waals surface area contributed by atoms with Gasteiger partial charge in [-0.25, -0.2) is 0 Å². The second-order valence-corrected chi connectivity index (χ2v) is 25.0. The second-order valence-electron chi connectivity index (χ2n) is 17.4. The van der Waals surface area contributed by atoms with Crippen LogP contribution in [0.2, 0.25) is 0 Å². The van der Waals surface area contributed by atoms with Gasteiger partial charge in [-0.05, 0) is 96.3 Å². The molecule has 1 nitrogen and oxygen atoms in total. The standard InChI is InChI=1S/C62H49NSi2/c1-46-22-19-33-54(42-46)65(53-31-13-6-14-32-53,56-35-21-24-49(45-56)63-61-38-17-15-36-59(61)60-37-16-18-39-62(60)63)55-34-20-23-48(44-55)58-41-40-57(43-47(58)2)64(50-25-7-3-8-26-50,51-27-9-4-10-28-51)52-29-11-5-12-30-52/h3-45H,1-2H3. The number of para-hydroxylation sites is 2. The minimum absolute atomic E-state index is 1.17. The fourth-order valence-corrected chi connectivity index (χ4v) is 20.6. The lowest BCUT2D eigenvalue weighted by Gasteiger charge is -2.35. The normalized spacial score (nSPS) is 12.6. The smallest absolute Gasteiger partial charge is 0.179 e. The lowest BCUT2D eigenvalue weighted by molar-refractivity contribution is 1.18. The Labute approximate surface area is 384 Å². The average molecular weight is 864 g/mol. The second kappa shape index (κ2) is 16.9. The third kappa shape index (κ3) is 6.75. The highest BCUT2D eigenvalue weighted by Crippen LogP contribution is 2.32. The van der Waals surface area contributed by atoms with Crippen LogP contribution in [-0.4, -0.2) is 20.7 Å². The molecule has 0 aliphatic heterocycles. The summed E-state index contributed by atoms with van der Waals surface area (Å²) in [5, 5.41) is 13.5. The first-order chi connectivity index (χ1) is 32.1. The molecule has 65 heavy (non-hydrogen) atoms. The predicted molar refractivity (Wildman–Crippen MR) is 283 cm³/mol. The van der Waals surface area contributed by atoms with Crippen molar-refractivity contribution < 1.29 is 0 Å². The van der Waals surface area contributed by atoms with Gasteiger partial charge < -0.3 is 4.57 Å². The Morgan fingerprint density at radius 1 is 0.292 bits per heavy atom. The third-order valence-electron chi connectivity index (χ3n) is 13.7. The number of hydrogen-bond donors (Lipinski definition) is 0. The largest absolute Gasteiger partial charge is 0.309 e. The Balaban J connectivity index is 1.13. The van der Waals surface area contributed by atoms with Gasteiger partial charge in [-0.1, -0.05) is 242 Å². The SMILES string of the molecule is Cc1cccc([Si](c2ccccc2)(c2cccc(-c3ccc([Si](c4ccccc4)(c4ccccc4)c4ccccc4)cc3C)c2)c2cccc(-n3c4ccccc4c4ccccc43)c2)c1. The number of hydrogen-bond acceptors (Lipinski definition) is 0. The van der Waals surface area contributed by atoms with Crippen LogP contribution in [0.15, 0.2) is 261 Å². The summed E-state index contributed by atoms with van der Waals surface area (Å²) in [6.07, 6.45) is 0. The maximum atomic E-state index is 2.52. The van der Waals surface area contributed by atoms with Crippen LogP contribution >= 0.6 is 0 Å². The molecule has 0 radical (unpaired) electrons. The summed E-state index contributed by atoms with van der Waals surface area (Å²) in [7, 11) is -5.66. The van der Waals surface area contributed by atoms with E-state index in [1.54, 1.807) is 0 Å². The van der Waals surface area contributed by atoms with Crippen LogP contribution in [0.3, 0.4) is 0 Å². The molecule has 0 spiro atoms. The molecule has 0 saturated heterocycles. The Bertz CT molecular complexity index is 3300. The van der Waals surface area contributed by atoms with Crippen LogP contribution in [-0.2, 0) is 0 Å². The molecular formula is C62H49NSi2. The number of nitrogens with zero attached hydrogens (tertiary/aromatic N) is 1. The molecule has 10 aromatic carbocycles. The van der Waals surface area contributed by atoms with E-state index in [4.69, 9.17) is 0 Å². The number of rotatable bonds is 10. The lowest BCUT2D eigenvalue weighted by Crippen LogP contribution is -2.74. The molecule has 1 unspecified atom stereocenters.